The molecule has 0 heterocycles. The van der Waals surface area contributed by atoms with Crippen molar-refractivity contribution in [1.29, 1.82) is 0 Å². The number of azide groups is 1. The van der Waals surface area contributed by atoms with Crippen LogP contribution < -0.4 is 0 Å². The second-order valence-electron chi connectivity index (χ2n) is 2.88. The number of hydrogen-bond donors (Lipinski definition) is 0. The first-order valence-electron chi connectivity index (χ1n) is 4.38. The molecular weight excluding hydrogens is 249 g/mol. The third kappa shape index (κ3) is 3.48. The number of hydrogen-bond acceptors (Lipinski definition) is 3. The second-order valence-corrected chi connectivity index (χ2v) is 3.29. The third-order valence-corrected chi connectivity index (χ3v) is 2.08. The van der Waals surface area contributed by atoms with Crippen LogP contribution in [0.5, 0.6) is 0 Å². The Morgan fingerprint density at radius 1 is 1.65 bits per heavy atom. The quantitative estimate of drug-likeness (QED) is 0.273. The van der Waals surface area contributed by atoms with Gasteiger partial charge in [0.1, 0.15) is 11.5 Å². The van der Waals surface area contributed by atoms with Gasteiger partial charge in [0.2, 0.25) is 0 Å². The number of methoxy groups -OCH3 is 1. The smallest absolute Gasteiger partial charge is 0.340 e. The van der Waals surface area contributed by atoms with Crippen LogP contribution in [0.25, 0.3) is 16.5 Å². The van der Waals surface area contributed by atoms with Crippen molar-refractivity contribution in [3.8, 4) is 0 Å². The van der Waals surface area contributed by atoms with Gasteiger partial charge in [0, 0.05) is 4.91 Å². The molecule has 0 atom stereocenters. The number of esters is 1. The lowest BCUT2D eigenvalue weighted by molar-refractivity contribution is -0.136. The molecule has 0 unspecified atom stereocenters. The molecule has 0 aromatic heterocycles. The van der Waals surface area contributed by atoms with Gasteiger partial charge in [-0.15, -0.1) is 0 Å². The van der Waals surface area contributed by atoms with Gasteiger partial charge in [-0.05, 0) is 29.3 Å². The van der Waals surface area contributed by atoms with Gasteiger partial charge in [-0.25, -0.2) is 9.18 Å². The number of nitrogens with zero attached hydrogens (tertiary/aromatic N) is 3. The average Bonchev–Trinajstić information content (AvgIpc) is 2.32. The van der Waals surface area contributed by atoms with E-state index in [0.717, 1.165) is 13.2 Å². The zero-order chi connectivity index (χ0) is 12.8. The summed E-state index contributed by atoms with van der Waals surface area (Å²) >= 11 is 5.56. The van der Waals surface area contributed by atoms with Crippen LogP contribution in [0.2, 0.25) is 5.02 Å². The van der Waals surface area contributed by atoms with Crippen LogP contribution in [0.15, 0.2) is 29.0 Å². The normalized spacial score (nSPS) is 10.6. The predicted octanol–water partition coefficient (Wildman–Crippen LogP) is 3.30. The molecule has 17 heavy (non-hydrogen) atoms. The molecule has 0 radical (unpaired) electrons. The number of halogens is 2. The molecule has 1 aromatic rings. The Labute approximate surface area is 101 Å². The van der Waals surface area contributed by atoms with E-state index in [0.29, 0.717) is 5.56 Å². The summed E-state index contributed by atoms with van der Waals surface area (Å²) in [7, 11) is 1.15. The Bertz CT molecular complexity index is 524. The molecule has 0 aliphatic rings. The second kappa shape index (κ2) is 5.89. The fourth-order valence-corrected chi connectivity index (χ4v) is 1.23. The minimum atomic E-state index is -0.789. The van der Waals surface area contributed by atoms with E-state index < -0.39 is 11.8 Å². The van der Waals surface area contributed by atoms with Gasteiger partial charge in [0.15, 0.2) is 0 Å². The molecule has 0 amide bonds. The first-order chi connectivity index (χ1) is 8.08. The Morgan fingerprint density at radius 3 is 2.88 bits per heavy atom. The highest BCUT2D eigenvalue weighted by molar-refractivity contribution is 6.30. The SMILES string of the molecule is COC(=O)/C(=C/c1ccc(F)c(Cl)c1)N=[N+]=[N-]. The summed E-state index contributed by atoms with van der Waals surface area (Å²) in [5.74, 6) is -1.37. The van der Waals surface area contributed by atoms with Crippen molar-refractivity contribution >= 4 is 23.6 Å². The largest absolute Gasteiger partial charge is 0.466 e. The van der Waals surface area contributed by atoms with Gasteiger partial charge in [-0.3, -0.25) is 0 Å². The van der Waals surface area contributed by atoms with Crippen molar-refractivity contribution in [2.75, 3.05) is 7.11 Å². The third-order valence-electron chi connectivity index (χ3n) is 1.79. The number of rotatable bonds is 3. The molecule has 5 nitrogen and oxygen atoms in total. The minimum Gasteiger partial charge on any atom is -0.466 e. The molecule has 0 saturated heterocycles. The van der Waals surface area contributed by atoms with E-state index in [9.17, 15) is 9.18 Å². The van der Waals surface area contributed by atoms with Gasteiger partial charge in [-0.2, -0.15) is 0 Å². The lowest BCUT2D eigenvalue weighted by Gasteiger charge is -2.00. The van der Waals surface area contributed by atoms with Gasteiger partial charge in [-0.1, -0.05) is 22.8 Å². The summed E-state index contributed by atoms with van der Waals surface area (Å²) in [5.41, 5.74) is 8.46. The summed E-state index contributed by atoms with van der Waals surface area (Å²) in [5, 5.41) is 3.08. The van der Waals surface area contributed by atoms with Crippen LogP contribution in [-0.2, 0) is 9.53 Å². The molecule has 0 aliphatic heterocycles. The molecule has 0 N–H and O–H groups in total. The highest BCUT2D eigenvalue weighted by atomic mass is 35.5. The molecule has 0 aliphatic carbocycles. The molecule has 1 aromatic carbocycles. The van der Waals surface area contributed by atoms with Crippen molar-refractivity contribution in [3.05, 3.63) is 50.7 Å². The highest BCUT2D eigenvalue weighted by Gasteiger charge is 2.08. The van der Waals surface area contributed by atoms with E-state index in [1.807, 2.05) is 0 Å². The van der Waals surface area contributed by atoms with Crippen LogP contribution in [0.4, 0.5) is 4.39 Å². The van der Waals surface area contributed by atoms with E-state index in [1.165, 1.54) is 18.2 Å². The van der Waals surface area contributed by atoms with Crippen molar-refractivity contribution < 1.29 is 13.9 Å². The predicted molar refractivity (Wildman–Crippen MR) is 60.5 cm³/mol. The Morgan fingerprint density at radius 2 is 2.35 bits per heavy atom. The lowest BCUT2D eigenvalue weighted by Crippen LogP contribution is -2.01. The van der Waals surface area contributed by atoms with E-state index in [2.05, 4.69) is 14.8 Å². The van der Waals surface area contributed by atoms with Gasteiger partial charge in [0.05, 0.1) is 12.1 Å². The van der Waals surface area contributed by atoms with Crippen molar-refractivity contribution in [2.45, 2.75) is 0 Å². The number of carbonyl (C=O) groups is 1. The van der Waals surface area contributed by atoms with Crippen LogP contribution in [0.3, 0.4) is 0 Å². The summed E-state index contributed by atoms with van der Waals surface area (Å²) in [6, 6.07) is 3.82. The number of benzene rings is 1. The van der Waals surface area contributed by atoms with Crippen LogP contribution >= 0.6 is 11.6 Å². The van der Waals surface area contributed by atoms with E-state index in [1.54, 1.807) is 0 Å². The molecule has 1 rings (SSSR count). The average molecular weight is 256 g/mol. The number of ether oxygens (including phenoxy) is 1. The Balaban J connectivity index is 3.17. The van der Waals surface area contributed by atoms with Crippen LogP contribution in [0.1, 0.15) is 5.56 Å². The molecule has 0 saturated carbocycles. The van der Waals surface area contributed by atoms with Crippen molar-refractivity contribution in [3.63, 3.8) is 0 Å². The monoisotopic (exact) mass is 255 g/mol. The highest BCUT2D eigenvalue weighted by Crippen LogP contribution is 2.18. The maximum atomic E-state index is 12.9. The maximum Gasteiger partial charge on any atom is 0.340 e. The van der Waals surface area contributed by atoms with Gasteiger partial charge < -0.3 is 4.74 Å². The van der Waals surface area contributed by atoms with Gasteiger partial charge in [0.25, 0.3) is 0 Å². The Kier molecular flexibility index (Phi) is 4.51. The molecule has 7 heteroatoms. The minimum absolute atomic E-state index is 0.0936. The maximum absolute atomic E-state index is 12.9. The van der Waals surface area contributed by atoms with E-state index in [-0.39, 0.29) is 10.7 Å². The van der Waals surface area contributed by atoms with Crippen LogP contribution in [0, 0.1) is 5.82 Å². The summed E-state index contributed by atoms with van der Waals surface area (Å²) in [4.78, 5) is 13.7. The topological polar surface area (TPSA) is 75.1 Å². The van der Waals surface area contributed by atoms with Gasteiger partial charge >= 0.3 is 5.97 Å². The van der Waals surface area contributed by atoms with E-state index in [4.69, 9.17) is 17.1 Å². The first-order valence-corrected chi connectivity index (χ1v) is 4.76. The molecule has 0 bridgehead atoms. The molecule has 0 fully saturated rings. The van der Waals surface area contributed by atoms with Crippen molar-refractivity contribution in [2.24, 2.45) is 5.11 Å². The summed E-state index contributed by atoms with van der Waals surface area (Å²) < 4.78 is 17.3. The van der Waals surface area contributed by atoms with Crippen molar-refractivity contribution in [1.82, 2.24) is 0 Å². The van der Waals surface area contributed by atoms with E-state index >= 15 is 0 Å². The molecular formula is C10H7ClFN3O2. The summed E-state index contributed by atoms with van der Waals surface area (Å²) in [6.45, 7) is 0. The van der Waals surface area contributed by atoms with Crippen LogP contribution in [-0.4, -0.2) is 13.1 Å². The zero-order valence-corrected chi connectivity index (χ0v) is 9.48. The first kappa shape index (κ1) is 13.0. The molecule has 88 valence electrons. The Hall–Kier alpha value is -2.04. The number of carbonyl (C=O) groups excluding carboxylic acids is 1. The molecule has 0 spiro atoms. The fourth-order valence-electron chi connectivity index (χ4n) is 1.04. The lowest BCUT2D eigenvalue weighted by atomic mass is 10.2. The standard InChI is InChI=1S/C10H7ClFN3O2/c1-17-10(16)9(14-15-13)5-6-2-3-8(12)7(11)4-6/h2-5H,1H3/b9-5-. The zero-order valence-electron chi connectivity index (χ0n) is 8.72. The fraction of sp³-hybridized carbons (Fsp3) is 0.100. The summed E-state index contributed by atoms with van der Waals surface area (Å²) in [6.07, 6.45) is 1.25.